The molecule has 0 aromatic heterocycles. The van der Waals surface area contributed by atoms with Gasteiger partial charge < -0.3 is 5.01 Å². The quantitative estimate of drug-likeness (QED) is 0.804. The van der Waals surface area contributed by atoms with Crippen molar-refractivity contribution in [1.82, 2.24) is 10.0 Å². The summed E-state index contributed by atoms with van der Waals surface area (Å²) >= 11 is 0. The molecule has 1 atom stereocenters. The summed E-state index contributed by atoms with van der Waals surface area (Å²) in [5.74, 6) is 0. The molecule has 0 aliphatic carbocycles. The zero-order valence-electron chi connectivity index (χ0n) is 11.3. The summed E-state index contributed by atoms with van der Waals surface area (Å²) in [6.45, 7) is 0. The van der Waals surface area contributed by atoms with Crippen molar-refractivity contribution in [2.24, 2.45) is 0 Å². The zero-order chi connectivity index (χ0) is 13.2. The number of benzene rings is 2. The van der Waals surface area contributed by atoms with Gasteiger partial charge in [-0.1, -0.05) is 60.7 Å². The fraction of sp³-hybridized carbons (Fsp3) is 0.176. The van der Waals surface area contributed by atoms with E-state index in [2.05, 4.69) is 90.9 Å². The third-order valence-electron chi connectivity index (χ3n) is 3.75. The minimum absolute atomic E-state index is 0.307. The lowest BCUT2D eigenvalue weighted by Gasteiger charge is -2.29. The normalized spacial score (nSPS) is 19.6. The first-order valence-electron chi connectivity index (χ1n) is 6.56. The molecular weight excluding hydrogens is 232 g/mol. The van der Waals surface area contributed by atoms with Crippen LogP contribution in [0.2, 0.25) is 0 Å². The molecule has 1 unspecified atom stereocenters. The molecule has 2 nitrogen and oxygen atoms in total. The van der Waals surface area contributed by atoms with Gasteiger partial charge in [-0.2, -0.15) is 0 Å². The van der Waals surface area contributed by atoms with E-state index in [1.54, 1.807) is 0 Å². The van der Waals surface area contributed by atoms with Crippen LogP contribution in [0.25, 0.3) is 5.70 Å². The largest absolute Gasteiger partial charge is 0.308 e. The molecule has 0 amide bonds. The van der Waals surface area contributed by atoms with Crippen molar-refractivity contribution in [3.05, 3.63) is 77.9 Å². The first-order valence-corrected chi connectivity index (χ1v) is 6.56. The minimum Gasteiger partial charge on any atom is -0.308 e. The number of hydrogen-bond donors (Lipinski definition) is 0. The van der Waals surface area contributed by atoms with Crippen LogP contribution in [0.3, 0.4) is 0 Å². The van der Waals surface area contributed by atoms with Crippen molar-refractivity contribution in [3.63, 3.8) is 0 Å². The Morgan fingerprint density at radius 2 is 1.37 bits per heavy atom. The monoisotopic (exact) mass is 250 g/mol. The number of nitrogens with zero attached hydrogens (tertiary/aromatic N) is 2. The van der Waals surface area contributed by atoms with Crippen LogP contribution in [0.4, 0.5) is 0 Å². The van der Waals surface area contributed by atoms with Gasteiger partial charge in [-0.05, 0) is 17.2 Å². The van der Waals surface area contributed by atoms with Gasteiger partial charge in [0.15, 0.2) is 0 Å². The lowest BCUT2D eigenvalue weighted by molar-refractivity contribution is 0.0831. The van der Waals surface area contributed by atoms with E-state index in [0.29, 0.717) is 6.04 Å². The van der Waals surface area contributed by atoms with Crippen LogP contribution in [0.1, 0.15) is 17.2 Å². The van der Waals surface area contributed by atoms with E-state index in [-0.39, 0.29) is 0 Å². The first kappa shape index (κ1) is 12.0. The lowest BCUT2D eigenvalue weighted by Crippen LogP contribution is -2.31. The summed E-state index contributed by atoms with van der Waals surface area (Å²) in [5.41, 5.74) is 3.84. The molecule has 3 rings (SSSR count). The highest BCUT2D eigenvalue weighted by Crippen LogP contribution is 2.35. The Bertz CT molecular complexity index is 575. The molecule has 0 radical (unpaired) electrons. The van der Waals surface area contributed by atoms with Gasteiger partial charge in [0.05, 0.1) is 11.7 Å². The van der Waals surface area contributed by atoms with Gasteiger partial charge in [-0.3, -0.25) is 0 Å². The topological polar surface area (TPSA) is 6.48 Å². The Morgan fingerprint density at radius 3 is 2.00 bits per heavy atom. The number of rotatable bonds is 2. The fourth-order valence-corrected chi connectivity index (χ4v) is 2.58. The Morgan fingerprint density at radius 1 is 0.789 bits per heavy atom. The van der Waals surface area contributed by atoms with E-state index in [9.17, 15) is 0 Å². The molecule has 19 heavy (non-hydrogen) atoms. The summed E-state index contributed by atoms with van der Waals surface area (Å²) < 4.78 is 0. The molecular formula is C17H18N2. The maximum absolute atomic E-state index is 2.32. The predicted molar refractivity (Wildman–Crippen MR) is 79.1 cm³/mol. The molecule has 1 aliphatic rings. The highest BCUT2D eigenvalue weighted by Gasteiger charge is 2.27. The molecule has 2 heteroatoms. The molecule has 0 fully saturated rings. The zero-order valence-corrected chi connectivity index (χ0v) is 11.3. The third-order valence-corrected chi connectivity index (χ3v) is 3.75. The third kappa shape index (κ3) is 2.15. The Hall–Kier alpha value is -2.06. The molecule has 0 spiro atoms. The van der Waals surface area contributed by atoms with Crippen LogP contribution in [-0.4, -0.2) is 24.1 Å². The van der Waals surface area contributed by atoms with Crippen molar-refractivity contribution in [3.8, 4) is 0 Å². The van der Waals surface area contributed by atoms with Gasteiger partial charge in [-0.25, -0.2) is 5.01 Å². The summed E-state index contributed by atoms with van der Waals surface area (Å²) in [6, 6.07) is 21.4. The summed E-state index contributed by atoms with van der Waals surface area (Å²) in [5, 5.41) is 4.48. The van der Waals surface area contributed by atoms with Gasteiger partial charge in [0.1, 0.15) is 0 Å². The lowest BCUT2D eigenvalue weighted by atomic mass is 10.1. The second-order valence-electron chi connectivity index (χ2n) is 4.87. The van der Waals surface area contributed by atoms with Gasteiger partial charge in [0.25, 0.3) is 0 Å². The van der Waals surface area contributed by atoms with Crippen LogP contribution >= 0.6 is 0 Å². The molecule has 0 N–H and O–H groups in total. The van der Waals surface area contributed by atoms with Crippen molar-refractivity contribution in [1.29, 1.82) is 0 Å². The predicted octanol–water partition coefficient (Wildman–Crippen LogP) is 3.56. The van der Waals surface area contributed by atoms with Crippen LogP contribution in [0.5, 0.6) is 0 Å². The van der Waals surface area contributed by atoms with Crippen molar-refractivity contribution in [2.75, 3.05) is 14.1 Å². The van der Waals surface area contributed by atoms with Crippen LogP contribution < -0.4 is 0 Å². The molecule has 0 saturated heterocycles. The molecule has 2 aromatic carbocycles. The van der Waals surface area contributed by atoms with Gasteiger partial charge >= 0.3 is 0 Å². The Kier molecular flexibility index (Phi) is 3.10. The maximum atomic E-state index is 2.32. The summed E-state index contributed by atoms with van der Waals surface area (Å²) in [4.78, 5) is 0. The number of hydrogen-bond acceptors (Lipinski definition) is 2. The Labute approximate surface area is 114 Å². The summed E-state index contributed by atoms with van der Waals surface area (Å²) in [7, 11) is 4.24. The van der Waals surface area contributed by atoms with Gasteiger partial charge in [-0.15, -0.1) is 0 Å². The average molecular weight is 250 g/mol. The smallest absolute Gasteiger partial charge is 0.0743 e. The molecule has 0 saturated carbocycles. The van der Waals surface area contributed by atoms with Crippen molar-refractivity contribution in [2.45, 2.75) is 6.04 Å². The number of hydrazine groups is 1. The second kappa shape index (κ2) is 4.90. The van der Waals surface area contributed by atoms with E-state index in [0.717, 1.165) is 0 Å². The SMILES string of the molecule is CN1C(c2ccccc2)=CC(c2ccccc2)N1C. The minimum atomic E-state index is 0.307. The highest BCUT2D eigenvalue weighted by atomic mass is 15.6. The molecule has 0 bridgehead atoms. The van der Waals surface area contributed by atoms with Gasteiger partial charge in [0, 0.05) is 14.1 Å². The molecule has 2 aromatic rings. The highest BCUT2D eigenvalue weighted by molar-refractivity contribution is 5.66. The molecule has 96 valence electrons. The number of likely N-dealkylation sites (N-methyl/N-ethyl adjacent to an activating group) is 1. The Balaban J connectivity index is 1.99. The van der Waals surface area contributed by atoms with E-state index < -0.39 is 0 Å². The van der Waals surface area contributed by atoms with Gasteiger partial charge in [0.2, 0.25) is 0 Å². The average Bonchev–Trinajstić information content (AvgIpc) is 2.77. The second-order valence-corrected chi connectivity index (χ2v) is 4.87. The van der Waals surface area contributed by atoms with E-state index >= 15 is 0 Å². The van der Waals surface area contributed by atoms with Crippen LogP contribution in [0.15, 0.2) is 66.7 Å². The van der Waals surface area contributed by atoms with Crippen molar-refractivity contribution < 1.29 is 0 Å². The summed E-state index contributed by atoms with van der Waals surface area (Å²) in [6.07, 6.45) is 2.32. The van der Waals surface area contributed by atoms with Crippen LogP contribution in [-0.2, 0) is 0 Å². The van der Waals surface area contributed by atoms with E-state index in [1.165, 1.54) is 16.8 Å². The maximum Gasteiger partial charge on any atom is 0.0743 e. The molecule has 1 aliphatic heterocycles. The van der Waals surface area contributed by atoms with E-state index in [4.69, 9.17) is 0 Å². The fourth-order valence-electron chi connectivity index (χ4n) is 2.58. The van der Waals surface area contributed by atoms with E-state index in [1.807, 2.05) is 0 Å². The standard InChI is InChI=1S/C17H18N2/c1-18-16(14-9-5-3-6-10-14)13-17(19(18)2)15-11-7-4-8-12-15/h3-13,16H,1-2H3. The molecule has 1 heterocycles. The van der Waals surface area contributed by atoms with Crippen LogP contribution in [0, 0.1) is 0 Å². The van der Waals surface area contributed by atoms with Crippen molar-refractivity contribution >= 4 is 5.70 Å². The first-order chi connectivity index (χ1) is 9.27.